The lowest BCUT2D eigenvalue weighted by molar-refractivity contribution is 0.0861. The molecular weight excluding hydrogens is 306 g/mol. The van der Waals surface area contributed by atoms with Crippen molar-refractivity contribution in [1.29, 1.82) is 0 Å². The molecule has 1 fully saturated rings. The molecule has 2 heterocycles. The minimum absolute atomic E-state index is 0.0649. The second kappa shape index (κ2) is 7.29. The SMILES string of the molecule is CCOC(=O)N1CCC(NC(=O)c2ccnc3ccccc23)CC1. The highest BCUT2D eigenvalue weighted by molar-refractivity contribution is 6.06. The minimum atomic E-state index is -0.276. The van der Waals surface area contributed by atoms with Gasteiger partial charge in [-0.15, -0.1) is 0 Å². The number of carbonyl (C=O) groups is 2. The molecule has 6 heteroatoms. The van der Waals surface area contributed by atoms with Gasteiger partial charge in [0, 0.05) is 30.7 Å². The fourth-order valence-electron chi connectivity index (χ4n) is 2.98. The van der Waals surface area contributed by atoms with Crippen LogP contribution < -0.4 is 5.32 Å². The highest BCUT2D eigenvalue weighted by Crippen LogP contribution is 2.17. The number of aromatic nitrogens is 1. The van der Waals surface area contributed by atoms with Gasteiger partial charge in [-0.05, 0) is 31.9 Å². The third-order valence-corrected chi connectivity index (χ3v) is 4.25. The Bertz CT molecular complexity index is 734. The fraction of sp³-hybridized carbons (Fsp3) is 0.389. The summed E-state index contributed by atoms with van der Waals surface area (Å²) in [5.41, 5.74) is 1.44. The highest BCUT2D eigenvalue weighted by Gasteiger charge is 2.25. The molecule has 0 saturated carbocycles. The molecule has 1 aliphatic heterocycles. The molecule has 0 bridgehead atoms. The van der Waals surface area contributed by atoms with Gasteiger partial charge < -0.3 is 15.0 Å². The third-order valence-electron chi connectivity index (χ3n) is 4.25. The number of ether oxygens (including phenoxy) is 1. The number of fused-ring (bicyclic) bond motifs is 1. The Morgan fingerprint density at radius 3 is 2.75 bits per heavy atom. The van der Waals surface area contributed by atoms with Crippen LogP contribution in [0.15, 0.2) is 36.5 Å². The Kier molecular flexibility index (Phi) is 4.93. The van der Waals surface area contributed by atoms with Crippen LogP contribution in [0.2, 0.25) is 0 Å². The number of rotatable bonds is 3. The summed E-state index contributed by atoms with van der Waals surface area (Å²) in [6.07, 6.45) is 2.84. The van der Waals surface area contributed by atoms with E-state index in [0.717, 1.165) is 23.7 Å². The predicted molar refractivity (Wildman–Crippen MR) is 90.8 cm³/mol. The van der Waals surface area contributed by atoms with Crippen LogP contribution in [0, 0.1) is 0 Å². The molecule has 1 aromatic heterocycles. The van der Waals surface area contributed by atoms with Crippen LogP contribution in [-0.2, 0) is 4.74 Å². The van der Waals surface area contributed by atoms with Crippen molar-refractivity contribution < 1.29 is 14.3 Å². The molecule has 0 unspecified atom stereocenters. The van der Waals surface area contributed by atoms with Gasteiger partial charge in [0.15, 0.2) is 0 Å². The van der Waals surface area contributed by atoms with E-state index in [9.17, 15) is 9.59 Å². The zero-order valence-corrected chi connectivity index (χ0v) is 13.7. The van der Waals surface area contributed by atoms with E-state index in [1.165, 1.54) is 0 Å². The van der Waals surface area contributed by atoms with E-state index in [1.54, 1.807) is 24.1 Å². The zero-order valence-electron chi connectivity index (χ0n) is 13.7. The number of amides is 2. The van der Waals surface area contributed by atoms with Crippen molar-refractivity contribution in [3.63, 3.8) is 0 Å². The number of hydrogen-bond donors (Lipinski definition) is 1. The highest BCUT2D eigenvalue weighted by atomic mass is 16.6. The number of likely N-dealkylation sites (tertiary alicyclic amines) is 1. The third kappa shape index (κ3) is 3.48. The normalized spacial score (nSPS) is 15.3. The summed E-state index contributed by atoms with van der Waals surface area (Å²) in [4.78, 5) is 30.3. The quantitative estimate of drug-likeness (QED) is 0.940. The van der Waals surface area contributed by atoms with Crippen LogP contribution in [0.1, 0.15) is 30.1 Å². The van der Waals surface area contributed by atoms with E-state index < -0.39 is 0 Å². The molecule has 6 nitrogen and oxygen atoms in total. The van der Waals surface area contributed by atoms with E-state index in [-0.39, 0.29) is 18.0 Å². The molecule has 24 heavy (non-hydrogen) atoms. The van der Waals surface area contributed by atoms with Crippen molar-refractivity contribution >= 4 is 22.9 Å². The summed E-state index contributed by atoms with van der Waals surface area (Å²) >= 11 is 0. The van der Waals surface area contributed by atoms with Crippen LogP contribution >= 0.6 is 0 Å². The molecule has 0 spiro atoms. The monoisotopic (exact) mass is 327 g/mol. The van der Waals surface area contributed by atoms with Gasteiger partial charge in [0.25, 0.3) is 5.91 Å². The van der Waals surface area contributed by atoms with Crippen molar-refractivity contribution in [3.05, 3.63) is 42.1 Å². The van der Waals surface area contributed by atoms with Gasteiger partial charge >= 0.3 is 6.09 Å². The van der Waals surface area contributed by atoms with Crippen LogP contribution in [0.25, 0.3) is 10.9 Å². The molecule has 3 rings (SSSR count). The van der Waals surface area contributed by atoms with E-state index in [4.69, 9.17) is 4.74 Å². The van der Waals surface area contributed by atoms with Gasteiger partial charge in [0.1, 0.15) is 0 Å². The van der Waals surface area contributed by atoms with Gasteiger partial charge in [-0.1, -0.05) is 18.2 Å². The topological polar surface area (TPSA) is 71.5 Å². The van der Waals surface area contributed by atoms with Crippen LogP contribution in [-0.4, -0.2) is 47.6 Å². The lowest BCUT2D eigenvalue weighted by Gasteiger charge is -2.31. The standard InChI is InChI=1S/C18H21N3O3/c1-2-24-18(23)21-11-8-13(9-12-21)20-17(22)15-7-10-19-16-6-4-3-5-14(15)16/h3-7,10,13H,2,8-9,11-12H2,1H3,(H,20,22). The molecule has 2 amide bonds. The van der Waals surface area contributed by atoms with Crippen LogP contribution in [0.5, 0.6) is 0 Å². The predicted octanol–water partition coefficient (Wildman–Crippen LogP) is 2.59. The molecule has 1 aliphatic rings. The number of nitrogens with zero attached hydrogens (tertiary/aromatic N) is 2. The number of benzene rings is 1. The number of hydrogen-bond acceptors (Lipinski definition) is 4. The first-order chi connectivity index (χ1) is 11.7. The lowest BCUT2D eigenvalue weighted by atomic mass is 10.0. The second-order valence-corrected chi connectivity index (χ2v) is 5.81. The smallest absolute Gasteiger partial charge is 0.409 e. The second-order valence-electron chi connectivity index (χ2n) is 5.81. The van der Waals surface area contributed by atoms with E-state index >= 15 is 0 Å². The van der Waals surface area contributed by atoms with Crippen molar-refractivity contribution in [2.45, 2.75) is 25.8 Å². The van der Waals surface area contributed by atoms with Gasteiger partial charge in [0.2, 0.25) is 0 Å². The number of pyridine rings is 1. The summed E-state index contributed by atoms with van der Waals surface area (Å²) in [6.45, 7) is 3.37. The maximum Gasteiger partial charge on any atom is 0.409 e. The Morgan fingerprint density at radius 2 is 2.00 bits per heavy atom. The van der Waals surface area contributed by atoms with E-state index in [2.05, 4.69) is 10.3 Å². The first-order valence-corrected chi connectivity index (χ1v) is 8.25. The summed E-state index contributed by atoms with van der Waals surface area (Å²) in [5.74, 6) is -0.0943. The number of nitrogens with one attached hydrogen (secondary N) is 1. The molecule has 1 saturated heterocycles. The summed E-state index contributed by atoms with van der Waals surface area (Å²) < 4.78 is 5.01. The number of carbonyl (C=O) groups excluding carboxylic acids is 2. The van der Waals surface area contributed by atoms with Gasteiger partial charge in [0.05, 0.1) is 17.7 Å². The molecule has 1 N–H and O–H groups in total. The van der Waals surface area contributed by atoms with Crippen molar-refractivity contribution in [1.82, 2.24) is 15.2 Å². The van der Waals surface area contributed by atoms with Gasteiger partial charge in [-0.3, -0.25) is 9.78 Å². The Labute approximate surface area is 140 Å². The van der Waals surface area contributed by atoms with E-state index in [1.807, 2.05) is 24.3 Å². The average molecular weight is 327 g/mol. The van der Waals surface area contributed by atoms with Crippen LogP contribution in [0.4, 0.5) is 4.79 Å². The number of piperidine rings is 1. The van der Waals surface area contributed by atoms with E-state index in [0.29, 0.717) is 25.3 Å². The van der Waals surface area contributed by atoms with Crippen molar-refractivity contribution in [2.24, 2.45) is 0 Å². The minimum Gasteiger partial charge on any atom is -0.450 e. The first kappa shape index (κ1) is 16.2. The molecule has 0 radical (unpaired) electrons. The molecule has 0 aliphatic carbocycles. The van der Waals surface area contributed by atoms with Crippen molar-refractivity contribution in [3.8, 4) is 0 Å². The maximum absolute atomic E-state index is 12.6. The summed E-state index contributed by atoms with van der Waals surface area (Å²) in [6, 6.07) is 9.41. The average Bonchev–Trinajstić information content (AvgIpc) is 2.62. The van der Waals surface area contributed by atoms with Gasteiger partial charge in [-0.2, -0.15) is 0 Å². The Balaban J connectivity index is 1.63. The molecule has 0 atom stereocenters. The molecule has 2 aromatic rings. The largest absolute Gasteiger partial charge is 0.450 e. The number of para-hydroxylation sites is 1. The first-order valence-electron chi connectivity index (χ1n) is 8.25. The Hall–Kier alpha value is -2.63. The maximum atomic E-state index is 12.6. The van der Waals surface area contributed by atoms with Crippen LogP contribution in [0.3, 0.4) is 0 Å². The summed E-state index contributed by atoms with van der Waals surface area (Å²) in [5, 5.41) is 3.92. The molecule has 126 valence electrons. The zero-order chi connectivity index (χ0) is 16.9. The van der Waals surface area contributed by atoms with Gasteiger partial charge in [-0.25, -0.2) is 4.79 Å². The lowest BCUT2D eigenvalue weighted by Crippen LogP contribution is -2.46. The molecular formula is C18H21N3O3. The molecule has 1 aromatic carbocycles. The Morgan fingerprint density at radius 1 is 1.25 bits per heavy atom. The van der Waals surface area contributed by atoms with Crippen molar-refractivity contribution in [2.75, 3.05) is 19.7 Å². The summed E-state index contributed by atoms with van der Waals surface area (Å²) in [7, 11) is 0. The fourth-order valence-corrected chi connectivity index (χ4v) is 2.98.